The summed E-state index contributed by atoms with van der Waals surface area (Å²) in [5.74, 6) is -0.249. The largest absolute Gasteiger partial charge is 0.348 e. The molecule has 106 valence electrons. The Balaban J connectivity index is 2.12. The first kappa shape index (κ1) is 14.4. The molecule has 1 aromatic rings. The molecule has 0 spiro atoms. The van der Waals surface area contributed by atoms with Crippen molar-refractivity contribution < 1.29 is 13.2 Å². The standard InChI is InChI=1S/C12H17ClN2O3S/c1-15-8-10(19(13,17)18)7-11(15)12(16)14-9-5-3-2-4-6-9/h7-9H,2-6H2,1H3,(H,14,16). The van der Waals surface area contributed by atoms with Crippen molar-refractivity contribution in [3.63, 3.8) is 0 Å². The number of hydrogen-bond acceptors (Lipinski definition) is 3. The number of aryl methyl sites for hydroxylation is 1. The zero-order valence-corrected chi connectivity index (χ0v) is 12.3. The van der Waals surface area contributed by atoms with Gasteiger partial charge in [0.1, 0.15) is 10.6 Å². The number of nitrogens with zero attached hydrogens (tertiary/aromatic N) is 1. The van der Waals surface area contributed by atoms with Gasteiger partial charge in [0.05, 0.1) is 0 Å². The van der Waals surface area contributed by atoms with Crippen LogP contribution in [0.15, 0.2) is 17.2 Å². The highest BCUT2D eigenvalue weighted by molar-refractivity contribution is 8.13. The molecule has 1 N–H and O–H groups in total. The van der Waals surface area contributed by atoms with E-state index in [1.807, 2.05) is 0 Å². The zero-order chi connectivity index (χ0) is 14.0. The van der Waals surface area contributed by atoms with E-state index in [-0.39, 0.29) is 16.8 Å². The van der Waals surface area contributed by atoms with Crippen LogP contribution in [0.2, 0.25) is 0 Å². The lowest BCUT2D eigenvalue weighted by atomic mass is 9.95. The van der Waals surface area contributed by atoms with Crippen molar-refractivity contribution in [2.75, 3.05) is 0 Å². The first-order chi connectivity index (χ1) is 8.88. The van der Waals surface area contributed by atoms with E-state index in [2.05, 4.69) is 5.32 Å². The summed E-state index contributed by atoms with van der Waals surface area (Å²) in [6, 6.07) is 1.49. The van der Waals surface area contributed by atoms with Crippen LogP contribution < -0.4 is 5.32 Å². The minimum Gasteiger partial charge on any atom is -0.348 e. The van der Waals surface area contributed by atoms with Gasteiger partial charge in [-0.05, 0) is 18.9 Å². The Morgan fingerprint density at radius 1 is 1.37 bits per heavy atom. The van der Waals surface area contributed by atoms with E-state index < -0.39 is 9.05 Å². The fraction of sp³-hybridized carbons (Fsp3) is 0.583. The summed E-state index contributed by atoms with van der Waals surface area (Å²) in [5, 5.41) is 2.94. The molecule has 1 aliphatic rings. The first-order valence-electron chi connectivity index (χ1n) is 6.30. The number of hydrogen-bond donors (Lipinski definition) is 1. The summed E-state index contributed by atoms with van der Waals surface area (Å²) in [6.07, 6.45) is 6.77. The predicted molar refractivity (Wildman–Crippen MR) is 72.8 cm³/mol. The van der Waals surface area contributed by atoms with Gasteiger partial charge in [0.25, 0.3) is 15.0 Å². The highest BCUT2D eigenvalue weighted by Gasteiger charge is 2.21. The van der Waals surface area contributed by atoms with Crippen molar-refractivity contribution in [1.82, 2.24) is 9.88 Å². The van der Waals surface area contributed by atoms with Crippen LogP contribution in [0.4, 0.5) is 0 Å². The van der Waals surface area contributed by atoms with Gasteiger partial charge in [-0.25, -0.2) is 8.42 Å². The number of halogens is 1. The third-order valence-corrected chi connectivity index (χ3v) is 4.76. The fourth-order valence-electron chi connectivity index (χ4n) is 2.40. The lowest BCUT2D eigenvalue weighted by Gasteiger charge is -2.22. The maximum Gasteiger partial charge on any atom is 0.268 e. The molecule has 1 saturated carbocycles. The van der Waals surface area contributed by atoms with Gasteiger partial charge >= 0.3 is 0 Å². The topological polar surface area (TPSA) is 68.2 Å². The number of rotatable bonds is 3. The van der Waals surface area contributed by atoms with Crippen molar-refractivity contribution in [2.45, 2.75) is 43.0 Å². The molecule has 5 nitrogen and oxygen atoms in total. The van der Waals surface area contributed by atoms with Crippen molar-refractivity contribution in [3.8, 4) is 0 Å². The average molecular weight is 305 g/mol. The second-order valence-electron chi connectivity index (χ2n) is 4.92. The summed E-state index contributed by atoms with van der Waals surface area (Å²) in [5.41, 5.74) is 0.310. The molecule has 1 aromatic heterocycles. The molecule has 1 amide bonds. The molecular formula is C12H17ClN2O3S. The highest BCUT2D eigenvalue weighted by atomic mass is 35.7. The van der Waals surface area contributed by atoms with Gasteiger partial charge < -0.3 is 9.88 Å². The predicted octanol–water partition coefficient (Wildman–Crippen LogP) is 2.02. The van der Waals surface area contributed by atoms with Crippen LogP contribution in [-0.2, 0) is 16.1 Å². The third-order valence-electron chi connectivity index (χ3n) is 3.43. The van der Waals surface area contributed by atoms with E-state index in [4.69, 9.17) is 10.7 Å². The molecule has 1 fully saturated rings. The number of amides is 1. The molecule has 1 heterocycles. The van der Waals surface area contributed by atoms with Crippen molar-refractivity contribution >= 4 is 25.6 Å². The van der Waals surface area contributed by atoms with Gasteiger partial charge in [0, 0.05) is 30.0 Å². The van der Waals surface area contributed by atoms with Crippen LogP contribution in [-0.4, -0.2) is 24.9 Å². The molecule has 1 aliphatic carbocycles. The maximum atomic E-state index is 12.1. The minimum absolute atomic E-state index is 0.0505. The van der Waals surface area contributed by atoms with Gasteiger partial charge in [-0.15, -0.1) is 0 Å². The number of aromatic nitrogens is 1. The summed E-state index contributed by atoms with van der Waals surface area (Å²) >= 11 is 0. The van der Waals surface area contributed by atoms with Gasteiger partial charge in [-0.1, -0.05) is 19.3 Å². The van der Waals surface area contributed by atoms with Crippen LogP contribution in [0.1, 0.15) is 42.6 Å². The molecular weight excluding hydrogens is 288 g/mol. The second kappa shape index (κ2) is 5.54. The Kier molecular flexibility index (Phi) is 4.20. The summed E-state index contributed by atoms with van der Waals surface area (Å²) in [6.45, 7) is 0. The lowest BCUT2D eigenvalue weighted by molar-refractivity contribution is 0.0919. The van der Waals surface area contributed by atoms with Gasteiger partial charge in [-0.3, -0.25) is 4.79 Å². The number of nitrogens with one attached hydrogen (secondary N) is 1. The van der Waals surface area contributed by atoms with E-state index >= 15 is 0 Å². The molecule has 0 unspecified atom stereocenters. The number of carbonyl (C=O) groups excluding carboxylic acids is 1. The van der Waals surface area contributed by atoms with E-state index in [1.165, 1.54) is 23.3 Å². The molecule has 0 aromatic carbocycles. The van der Waals surface area contributed by atoms with E-state index in [9.17, 15) is 13.2 Å². The van der Waals surface area contributed by atoms with E-state index in [1.54, 1.807) is 7.05 Å². The van der Waals surface area contributed by atoms with Crippen molar-refractivity contribution in [2.24, 2.45) is 7.05 Å². The SMILES string of the molecule is Cn1cc(S(=O)(=O)Cl)cc1C(=O)NC1CCCCC1. The molecule has 0 aliphatic heterocycles. The third kappa shape index (κ3) is 3.51. The normalized spacial score (nSPS) is 17.4. The Morgan fingerprint density at radius 3 is 2.53 bits per heavy atom. The zero-order valence-electron chi connectivity index (χ0n) is 10.7. The van der Waals surface area contributed by atoms with Crippen LogP contribution >= 0.6 is 10.7 Å². The summed E-state index contributed by atoms with van der Waals surface area (Å²) in [7, 11) is 3.09. The Labute approximate surface area is 117 Å². The van der Waals surface area contributed by atoms with Crippen LogP contribution in [0.25, 0.3) is 0 Å². The molecule has 19 heavy (non-hydrogen) atoms. The molecule has 2 rings (SSSR count). The lowest BCUT2D eigenvalue weighted by Crippen LogP contribution is -2.36. The molecule has 0 radical (unpaired) electrons. The molecule has 0 bridgehead atoms. The van der Waals surface area contributed by atoms with Crippen molar-refractivity contribution in [3.05, 3.63) is 18.0 Å². The van der Waals surface area contributed by atoms with Gasteiger partial charge in [0.2, 0.25) is 0 Å². The van der Waals surface area contributed by atoms with Gasteiger partial charge in [-0.2, -0.15) is 0 Å². The fourth-order valence-corrected chi connectivity index (χ4v) is 3.19. The maximum absolute atomic E-state index is 12.1. The van der Waals surface area contributed by atoms with Crippen LogP contribution in [0.5, 0.6) is 0 Å². The van der Waals surface area contributed by atoms with Crippen LogP contribution in [0.3, 0.4) is 0 Å². The molecule has 0 saturated heterocycles. The smallest absolute Gasteiger partial charge is 0.268 e. The second-order valence-corrected chi connectivity index (χ2v) is 7.48. The van der Waals surface area contributed by atoms with Crippen molar-refractivity contribution in [1.29, 1.82) is 0 Å². The quantitative estimate of drug-likeness (QED) is 0.869. The Morgan fingerprint density at radius 2 is 2.00 bits per heavy atom. The average Bonchev–Trinajstić information content (AvgIpc) is 2.72. The monoisotopic (exact) mass is 304 g/mol. The van der Waals surface area contributed by atoms with E-state index in [0.717, 1.165) is 25.7 Å². The minimum atomic E-state index is -3.80. The Hall–Kier alpha value is -1.01. The van der Waals surface area contributed by atoms with Gasteiger partial charge in [0.15, 0.2) is 0 Å². The Bertz CT molecular complexity index is 574. The summed E-state index contributed by atoms with van der Waals surface area (Å²) < 4.78 is 23.9. The molecule has 7 heteroatoms. The highest BCUT2D eigenvalue weighted by Crippen LogP contribution is 2.20. The molecule has 0 atom stereocenters. The first-order valence-corrected chi connectivity index (χ1v) is 8.61. The van der Waals surface area contributed by atoms with Crippen LogP contribution in [0, 0.1) is 0 Å². The van der Waals surface area contributed by atoms with E-state index in [0.29, 0.717) is 5.69 Å². The number of carbonyl (C=O) groups is 1. The summed E-state index contributed by atoms with van der Waals surface area (Å²) in [4.78, 5) is 12.1.